The Morgan fingerprint density at radius 3 is 2.36 bits per heavy atom. The van der Waals surface area contributed by atoms with Gasteiger partial charge in [-0.1, -0.05) is 30.4 Å². The Kier molecular flexibility index (Phi) is 5.99. The van der Waals surface area contributed by atoms with E-state index in [1.165, 1.54) is 9.21 Å². The molecule has 1 aliphatic heterocycles. The molecule has 150 valence electrons. The quantitative estimate of drug-likeness (QED) is 0.688. The van der Waals surface area contributed by atoms with Gasteiger partial charge < -0.3 is 10.6 Å². The third kappa shape index (κ3) is 4.02. The Hall–Kier alpha value is -2.07. The minimum atomic E-state index is -3.47. The summed E-state index contributed by atoms with van der Waals surface area (Å²) < 4.78 is 29.4. The van der Waals surface area contributed by atoms with Crippen LogP contribution in [0.2, 0.25) is 0 Å². The third-order valence-electron chi connectivity index (χ3n) is 5.14. The van der Waals surface area contributed by atoms with Crippen LogP contribution in [0.1, 0.15) is 21.6 Å². The molecule has 0 aliphatic carbocycles. The molecule has 1 saturated heterocycles. The highest BCUT2D eigenvalue weighted by Crippen LogP contribution is 2.15. The van der Waals surface area contributed by atoms with E-state index in [9.17, 15) is 13.2 Å². The summed E-state index contributed by atoms with van der Waals surface area (Å²) in [6.07, 6.45) is 0. The number of amides is 1. The first-order chi connectivity index (χ1) is 13.2. The number of quaternary nitrogens is 1. The molecule has 0 spiro atoms. The van der Waals surface area contributed by atoms with Gasteiger partial charge in [-0.3, -0.25) is 9.36 Å². The molecule has 28 heavy (non-hydrogen) atoms. The molecular weight excluding hydrogens is 396 g/mol. The van der Waals surface area contributed by atoms with Crippen molar-refractivity contribution in [3.63, 3.8) is 0 Å². The number of piperazine rings is 1. The molecule has 2 aromatic rings. The Labute approximate surface area is 170 Å². The number of hydrogen-bond acceptors (Lipinski definition) is 4. The number of nitrogens with zero attached hydrogens (tertiary/aromatic N) is 2. The van der Waals surface area contributed by atoms with Crippen LogP contribution in [0.15, 0.2) is 41.3 Å². The van der Waals surface area contributed by atoms with Crippen LogP contribution in [0.25, 0.3) is 0 Å². The van der Waals surface area contributed by atoms with Gasteiger partial charge >= 0.3 is 0 Å². The van der Waals surface area contributed by atoms with Gasteiger partial charge in [-0.2, -0.15) is 4.31 Å². The molecule has 1 aromatic carbocycles. The lowest BCUT2D eigenvalue weighted by Crippen LogP contribution is -3.14. The lowest BCUT2D eigenvalue weighted by molar-refractivity contribution is -0.926. The number of carbonyl (C=O) groups excluding carboxylic acids is 1. The highest BCUT2D eigenvalue weighted by Gasteiger charge is 2.30. The minimum absolute atomic E-state index is 0.321. The van der Waals surface area contributed by atoms with Crippen LogP contribution in [0.5, 0.6) is 0 Å². The lowest BCUT2D eigenvalue weighted by Gasteiger charge is -2.32. The number of nitrogens with two attached hydrogens (primary N) is 1. The number of primary amides is 1. The first kappa shape index (κ1) is 20.7. The fourth-order valence-electron chi connectivity index (χ4n) is 3.59. The monoisotopic (exact) mass is 421 g/mol. The van der Waals surface area contributed by atoms with Crippen molar-refractivity contribution in [1.82, 2.24) is 8.87 Å². The van der Waals surface area contributed by atoms with E-state index in [2.05, 4.69) is 0 Å². The van der Waals surface area contributed by atoms with Gasteiger partial charge in [0.05, 0.1) is 36.6 Å². The average Bonchev–Trinajstić information content (AvgIpc) is 2.65. The lowest BCUT2D eigenvalue weighted by atomic mass is 10.1. The second-order valence-electron chi connectivity index (χ2n) is 7.07. The molecule has 0 bridgehead atoms. The summed E-state index contributed by atoms with van der Waals surface area (Å²) >= 11 is 5.50. The number of pyridine rings is 1. The fraction of sp³-hybridized carbons (Fsp3) is 0.368. The minimum Gasteiger partial charge on any atom is -0.365 e. The van der Waals surface area contributed by atoms with E-state index in [4.69, 9.17) is 18.0 Å². The zero-order chi connectivity index (χ0) is 20.5. The van der Waals surface area contributed by atoms with Crippen molar-refractivity contribution in [1.29, 1.82) is 0 Å². The molecule has 0 unspecified atom stereocenters. The van der Waals surface area contributed by atoms with Gasteiger partial charge in [0.1, 0.15) is 4.64 Å². The van der Waals surface area contributed by atoms with Crippen LogP contribution in [0.3, 0.4) is 0 Å². The standard InChI is InChI=1S/C19H24N4O3S2/c1-14-12-15(2)23(19(27)17(14)18(20)24)13-21-8-10-22(11-9-21)28(25,26)16-6-4-3-5-7-16/h3-7,12H,8-11,13H2,1-2H3,(H2,20,24)/p+1. The SMILES string of the molecule is Cc1cc(C)n(C[NH+]2CCN(S(=O)(=O)c3ccccc3)CC2)c(=S)c1C(N)=O. The number of nitrogens with one attached hydrogen (secondary N) is 1. The summed E-state index contributed by atoms with van der Waals surface area (Å²) in [6.45, 7) is 6.54. The van der Waals surface area contributed by atoms with Crippen LogP contribution in [-0.4, -0.2) is 49.4 Å². The second-order valence-corrected chi connectivity index (χ2v) is 9.39. The van der Waals surface area contributed by atoms with Gasteiger partial charge in [0.2, 0.25) is 10.0 Å². The zero-order valence-corrected chi connectivity index (χ0v) is 17.6. The second kappa shape index (κ2) is 8.12. The normalized spacial score (nSPS) is 16.2. The van der Waals surface area contributed by atoms with Crippen LogP contribution in [0, 0.1) is 18.5 Å². The molecule has 1 aliphatic rings. The number of carbonyl (C=O) groups is 1. The molecular formula is C19H25N4O3S2+. The highest BCUT2D eigenvalue weighted by molar-refractivity contribution is 7.89. The predicted octanol–water partition coefficient (Wildman–Crippen LogP) is 0.480. The van der Waals surface area contributed by atoms with Crippen molar-refractivity contribution in [2.75, 3.05) is 26.2 Å². The Morgan fingerprint density at radius 2 is 1.79 bits per heavy atom. The number of aromatic nitrogens is 1. The molecule has 3 rings (SSSR count). The summed E-state index contributed by atoms with van der Waals surface area (Å²) in [7, 11) is -3.47. The average molecular weight is 422 g/mol. The fourth-order valence-corrected chi connectivity index (χ4v) is 5.52. The molecule has 0 saturated carbocycles. The highest BCUT2D eigenvalue weighted by atomic mass is 32.2. The number of benzene rings is 1. The van der Waals surface area contributed by atoms with Crippen LogP contribution in [0.4, 0.5) is 0 Å². The maximum atomic E-state index is 12.8. The molecule has 7 nitrogen and oxygen atoms in total. The third-order valence-corrected chi connectivity index (χ3v) is 7.48. The van der Waals surface area contributed by atoms with Crippen LogP contribution >= 0.6 is 12.2 Å². The Balaban J connectivity index is 1.74. The number of aryl methyl sites for hydroxylation is 2. The van der Waals surface area contributed by atoms with Crippen molar-refractivity contribution in [3.05, 3.63) is 57.9 Å². The first-order valence-corrected chi connectivity index (χ1v) is 11.0. The summed E-state index contributed by atoms with van der Waals surface area (Å²) in [5, 5.41) is 0. The largest absolute Gasteiger partial charge is 0.365 e. The molecule has 0 atom stereocenters. The molecule has 3 N–H and O–H groups in total. The molecule has 0 radical (unpaired) electrons. The van der Waals surface area contributed by atoms with Crippen LogP contribution < -0.4 is 10.6 Å². The van der Waals surface area contributed by atoms with Crippen molar-refractivity contribution in [2.24, 2.45) is 5.73 Å². The van der Waals surface area contributed by atoms with E-state index in [1.807, 2.05) is 24.5 Å². The molecule has 1 amide bonds. The van der Waals surface area contributed by atoms with Crippen molar-refractivity contribution < 1.29 is 18.1 Å². The summed E-state index contributed by atoms with van der Waals surface area (Å²) in [4.78, 5) is 13.3. The van der Waals surface area contributed by atoms with Crippen molar-refractivity contribution in [2.45, 2.75) is 25.4 Å². The number of rotatable bonds is 5. The number of hydrogen-bond donors (Lipinski definition) is 2. The summed E-state index contributed by atoms with van der Waals surface area (Å²) in [5.41, 5.74) is 7.61. The molecule has 1 aromatic heterocycles. The summed E-state index contributed by atoms with van der Waals surface area (Å²) in [5.74, 6) is -0.523. The Morgan fingerprint density at radius 1 is 1.18 bits per heavy atom. The van der Waals surface area contributed by atoms with E-state index < -0.39 is 15.9 Å². The first-order valence-electron chi connectivity index (χ1n) is 9.11. The van der Waals surface area contributed by atoms with E-state index >= 15 is 0 Å². The Bertz CT molecular complexity index is 1040. The predicted molar refractivity (Wildman–Crippen MR) is 109 cm³/mol. The van der Waals surface area contributed by atoms with E-state index in [0.29, 0.717) is 47.9 Å². The molecule has 2 heterocycles. The molecule has 1 fully saturated rings. The van der Waals surface area contributed by atoms with Crippen LogP contribution in [-0.2, 0) is 16.7 Å². The van der Waals surface area contributed by atoms with E-state index in [-0.39, 0.29) is 0 Å². The van der Waals surface area contributed by atoms with Gasteiger partial charge in [0.15, 0.2) is 6.67 Å². The van der Waals surface area contributed by atoms with E-state index in [0.717, 1.165) is 11.3 Å². The van der Waals surface area contributed by atoms with Crippen molar-refractivity contribution >= 4 is 28.1 Å². The number of sulfonamides is 1. The maximum Gasteiger partial charge on any atom is 0.251 e. The van der Waals surface area contributed by atoms with Gasteiger partial charge in [-0.05, 0) is 37.6 Å². The molecule has 9 heteroatoms. The van der Waals surface area contributed by atoms with Gasteiger partial charge in [-0.25, -0.2) is 8.42 Å². The topological polar surface area (TPSA) is 89.8 Å². The van der Waals surface area contributed by atoms with E-state index in [1.54, 1.807) is 30.3 Å². The smallest absolute Gasteiger partial charge is 0.251 e. The summed E-state index contributed by atoms with van der Waals surface area (Å²) in [6, 6.07) is 10.4. The van der Waals surface area contributed by atoms with Crippen molar-refractivity contribution in [3.8, 4) is 0 Å². The van der Waals surface area contributed by atoms with Gasteiger partial charge in [0, 0.05) is 5.69 Å². The maximum absolute atomic E-state index is 12.8. The zero-order valence-electron chi connectivity index (χ0n) is 16.0. The van der Waals surface area contributed by atoms with Gasteiger partial charge in [0.25, 0.3) is 5.91 Å². The van der Waals surface area contributed by atoms with Gasteiger partial charge in [-0.15, -0.1) is 0 Å².